The van der Waals surface area contributed by atoms with Crippen LogP contribution >= 0.6 is 0 Å². The van der Waals surface area contributed by atoms with E-state index in [1.165, 1.54) is 27.9 Å². The van der Waals surface area contributed by atoms with Gasteiger partial charge in [-0.05, 0) is 37.6 Å². The molecule has 0 saturated heterocycles. The Labute approximate surface area is 138 Å². The van der Waals surface area contributed by atoms with Crippen LogP contribution in [-0.4, -0.2) is 16.8 Å². The standard InChI is InChI=1S/C20H23N3/c1-15-20(13-21-3)16(2)23(22-15)14-18-11-7-8-12-19(18)17-9-5-4-6-10-17/h4-12,21H,13-14H2,1-3H3. The van der Waals surface area contributed by atoms with Gasteiger partial charge in [0.1, 0.15) is 0 Å². The summed E-state index contributed by atoms with van der Waals surface area (Å²) in [5.74, 6) is 0. The highest BCUT2D eigenvalue weighted by Gasteiger charge is 2.12. The molecule has 23 heavy (non-hydrogen) atoms. The van der Waals surface area contributed by atoms with E-state index in [1.807, 2.05) is 7.05 Å². The van der Waals surface area contributed by atoms with Gasteiger partial charge >= 0.3 is 0 Å². The minimum Gasteiger partial charge on any atom is -0.316 e. The molecule has 3 heteroatoms. The van der Waals surface area contributed by atoms with E-state index in [4.69, 9.17) is 5.10 Å². The third-order valence-electron chi connectivity index (χ3n) is 4.31. The summed E-state index contributed by atoms with van der Waals surface area (Å²) in [4.78, 5) is 0. The van der Waals surface area contributed by atoms with Gasteiger partial charge in [-0.2, -0.15) is 5.10 Å². The van der Waals surface area contributed by atoms with Crippen molar-refractivity contribution in [1.29, 1.82) is 0 Å². The van der Waals surface area contributed by atoms with Crippen LogP contribution < -0.4 is 5.32 Å². The van der Waals surface area contributed by atoms with E-state index in [-0.39, 0.29) is 0 Å². The number of hydrogen-bond acceptors (Lipinski definition) is 2. The number of benzene rings is 2. The zero-order valence-electron chi connectivity index (χ0n) is 14.0. The molecule has 1 aromatic heterocycles. The molecular formula is C20H23N3. The lowest BCUT2D eigenvalue weighted by molar-refractivity contribution is 0.658. The molecule has 3 rings (SSSR count). The monoisotopic (exact) mass is 305 g/mol. The Morgan fingerprint density at radius 1 is 0.957 bits per heavy atom. The van der Waals surface area contributed by atoms with Gasteiger partial charge in [-0.1, -0.05) is 54.6 Å². The quantitative estimate of drug-likeness (QED) is 0.774. The Morgan fingerprint density at radius 2 is 1.65 bits per heavy atom. The molecule has 0 saturated carbocycles. The van der Waals surface area contributed by atoms with E-state index in [0.717, 1.165) is 18.8 Å². The molecule has 0 radical (unpaired) electrons. The second-order valence-electron chi connectivity index (χ2n) is 5.86. The Hall–Kier alpha value is -2.39. The van der Waals surface area contributed by atoms with Gasteiger partial charge in [0.2, 0.25) is 0 Å². The van der Waals surface area contributed by atoms with Crippen LogP contribution in [0.3, 0.4) is 0 Å². The number of aryl methyl sites for hydroxylation is 1. The lowest BCUT2D eigenvalue weighted by Crippen LogP contribution is -2.08. The fourth-order valence-corrected chi connectivity index (χ4v) is 3.04. The van der Waals surface area contributed by atoms with Crippen molar-refractivity contribution in [3.8, 4) is 11.1 Å². The summed E-state index contributed by atoms with van der Waals surface area (Å²) in [5.41, 5.74) is 7.45. The van der Waals surface area contributed by atoms with Crippen molar-refractivity contribution in [1.82, 2.24) is 15.1 Å². The molecule has 0 atom stereocenters. The number of rotatable bonds is 5. The van der Waals surface area contributed by atoms with Gasteiger partial charge in [0, 0.05) is 17.8 Å². The van der Waals surface area contributed by atoms with E-state index < -0.39 is 0 Å². The molecule has 1 N–H and O–H groups in total. The van der Waals surface area contributed by atoms with Gasteiger partial charge in [0.25, 0.3) is 0 Å². The lowest BCUT2D eigenvalue weighted by atomic mass is 10.00. The molecule has 0 aliphatic heterocycles. The van der Waals surface area contributed by atoms with Crippen molar-refractivity contribution in [2.75, 3.05) is 7.05 Å². The highest BCUT2D eigenvalue weighted by atomic mass is 15.3. The summed E-state index contributed by atoms with van der Waals surface area (Å²) in [5, 5.41) is 7.96. The second-order valence-corrected chi connectivity index (χ2v) is 5.86. The van der Waals surface area contributed by atoms with Crippen LogP contribution in [0.2, 0.25) is 0 Å². The van der Waals surface area contributed by atoms with Crippen molar-refractivity contribution >= 4 is 0 Å². The SMILES string of the molecule is CNCc1c(C)nn(Cc2ccccc2-c2ccccc2)c1C. The predicted molar refractivity (Wildman–Crippen MR) is 95.4 cm³/mol. The van der Waals surface area contributed by atoms with Gasteiger partial charge in [0.05, 0.1) is 12.2 Å². The molecule has 0 spiro atoms. The summed E-state index contributed by atoms with van der Waals surface area (Å²) in [7, 11) is 1.97. The van der Waals surface area contributed by atoms with E-state index in [9.17, 15) is 0 Å². The average Bonchev–Trinajstić information content (AvgIpc) is 2.84. The van der Waals surface area contributed by atoms with E-state index in [1.54, 1.807) is 0 Å². The topological polar surface area (TPSA) is 29.9 Å². The van der Waals surface area contributed by atoms with Crippen LogP contribution in [0.25, 0.3) is 11.1 Å². The second kappa shape index (κ2) is 6.80. The van der Waals surface area contributed by atoms with Crippen LogP contribution in [-0.2, 0) is 13.1 Å². The molecule has 118 valence electrons. The molecule has 2 aromatic carbocycles. The summed E-state index contributed by atoms with van der Waals surface area (Å²) < 4.78 is 2.11. The number of hydrogen-bond donors (Lipinski definition) is 1. The molecule has 3 aromatic rings. The minimum absolute atomic E-state index is 0.793. The van der Waals surface area contributed by atoms with Crippen LogP contribution in [0.5, 0.6) is 0 Å². The highest BCUT2D eigenvalue weighted by molar-refractivity contribution is 5.67. The first kappa shape index (κ1) is 15.5. The van der Waals surface area contributed by atoms with Gasteiger partial charge in [-0.25, -0.2) is 0 Å². The molecule has 3 nitrogen and oxygen atoms in total. The van der Waals surface area contributed by atoms with Gasteiger partial charge in [0.15, 0.2) is 0 Å². The Morgan fingerprint density at radius 3 is 2.39 bits per heavy atom. The molecule has 1 heterocycles. The normalized spacial score (nSPS) is 10.9. The third kappa shape index (κ3) is 3.20. The first-order chi connectivity index (χ1) is 11.2. The molecular weight excluding hydrogens is 282 g/mol. The van der Waals surface area contributed by atoms with Gasteiger partial charge in [-0.3, -0.25) is 4.68 Å². The smallest absolute Gasteiger partial charge is 0.0668 e. The van der Waals surface area contributed by atoms with Crippen molar-refractivity contribution in [3.05, 3.63) is 77.1 Å². The third-order valence-corrected chi connectivity index (χ3v) is 4.31. The highest BCUT2D eigenvalue weighted by Crippen LogP contribution is 2.25. The predicted octanol–water partition coefficient (Wildman–Crippen LogP) is 3.93. The Bertz CT molecular complexity index is 788. The average molecular weight is 305 g/mol. The summed E-state index contributed by atoms with van der Waals surface area (Å²) >= 11 is 0. The van der Waals surface area contributed by atoms with Crippen molar-refractivity contribution < 1.29 is 0 Å². The fraction of sp³-hybridized carbons (Fsp3) is 0.250. The number of aromatic nitrogens is 2. The fourth-order valence-electron chi connectivity index (χ4n) is 3.04. The van der Waals surface area contributed by atoms with Crippen LogP contribution in [0.15, 0.2) is 54.6 Å². The maximum Gasteiger partial charge on any atom is 0.0668 e. The zero-order chi connectivity index (χ0) is 16.2. The molecule has 0 aliphatic carbocycles. The van der Waals surface area contributed by atoms with E-state index in [2.05, 4.69) is 78.4 Å². The number of nitrogens with zero attached hydrogens (tertiary/aromatic N) is 2. The first-order valence-corrected chi connectivity index (χ1v) is 8.01. The van der Waals surface area contributed by atoms with Gasteiger partial charge < -0.3 is 5.32 Å². The summed E-state index contributed by atoms with van der Waals surface area (Å²) in [6.07, 6.45) is 0. The maximum absolute atomic E-state index is 4.74. The van der Waals surface area contributed by atoms with E-state index >= 15 is 0 Å². The Balaban J connectivity index is 1.97. The molecule has 0 fully saturated rings. The molecule has 0 aliphatic rings. The zero-order valence-corrected chi connectivity index (χ0v) is 14.0. The molecule has 0 unspecified atom stereocenters. The van der Waals surface area contributed by atoms with Crippen molar-refractivity contribution in [2.45, 2.75) is 26.9 Å². The largest absolute Gasteiger partial charge is 0.316 e. The van der Waals surface area contributed by atoms with Crippen molar-refractivity contribution in [3.63, 3.8) is 0 Å². The molecule has 0 bridgehead atoms. The van der Waals surface area contributed by atoms with Crippen LogP contribution in [0.4, 0.5) is 0 Å². The summed E-state index contributed by atoms with van der Waals surface area (Å²) in [6, 6.07) is 19.1. The minimum atomic E-state index is 0.793. The summed E-state index contributed by atoms with van der Waals surface area (Å²) in [6.45, 7) is 5.89. The maximum atomic E-state index is 4.74. The first-order valence-electron chi connectivity index (χ1n) is 8.01. The number of nitrogens with one attached hydrogen (secondary N) is 1. The molecule has 0 amide bonds. The lowest BCUT2D eigenvalue weighted by Gasteiger charge is -2.11. The van der Waals surface area contributed by atoms with Crippen LogP contribution in [0, 0.1) is 13.8 Å². The van der Waals surface area contributed by atoms with Crippen LogP contribution in [0.1, 0.15) is 22.5 Å². The van der Waals surface area contributed by atoms with Crippen molar-refractivity contribution in [2.24, 2.45) is 0 Å². The van der Waals surface area contributed by atoms with Gasteiger partial charge in [-0.15, -0.1) is 0 Å². The van der Waals surface area contributed by atoms with E-state index in [0.29, 0.717) is 0 Å². The Kier molecular flexibility index (Phi) is 4.58.